The molecule has 17 nitrogen and oxygen atoms in total. The van der Waals surface area contributed by atoms with Gasteiger partial charge in [-0.25, -0.2) is 9.13 Å². The predicted molar refractivity (Wildman–Crippen MR) is 358 cm³/mol. The summed E-state index contributed by atoms with van der Waals surface area (Å²) in [4.78, 5) is 72.2. The Morgan fingerprint density at radius 2 is 0.517 bits per heavy atom. The highest BCUT2D eigenvalue weighted by atomic mass is 31.2. The number of carbonyl (C=O) groups is 4. The molecule has 0 aliphatic rings. The first-order chi connectivity index (χ1) is 43.0. The molecule has 528 valence electrons. The van der Waals surface area contributed by atoms with Crippen molar-refractivity contribution >= 4 is 39.5 Å². The Morgan fingerprint density at radius 1 is 0.303 bits per heavy atom. The average Bonchev–Trinajstić information content (AvgIpc) is 3.72. The van der Waals surface area contributed by atoms with Crippen molar-refractivity contribution in [2.75, 3.05) is 39.6 Å². The zero-order valence-corrected chi connectivity index (χ0v) is 59.4. The van der Waals surface area contributed by atoms with Crippen molar-refractivity contribution in [1.29, 1.82) is 0 Å². The lowest BCUT2D eigenvalue weighted by Crippen LogP contribution is -2.30. The number of hydrogen-bond donors (Lipinski definition) is 3. The minimum Gasteiger partial charge on any atom is -0.462 e. The van der Waals surface area contributed by atoms with Gasteiger partial charge in [0.15, 0.2) is 12.2 Å². The second kappa shape index (κ2) is 63.5. The van der Waals surface area contributed by atoms with Crippen LogP contribution in [0.25, 0.3) is 0 Å². The zero-order chi connectivity index (χ0) is 65.6. The summed E-state index contributed by atoms with van der Waals surface area (Å²) in [5.74, 6) is -1.39. The minimum atomic E-state index is -4.95. The second-order valence-electron chi connectivity index (χ2n) is 25.7. The molecule has 0 aromatic heterocycles. The van der Waals surface area contributed by atoms with E-state index < -0.39 is 97.5 Å². The van der Waals surface area contributed by atoms with Crippen molar-refractivity contribution in [3.8, 4) is 0 Å². The molecule has 0 radical (unpaired) electrons. The van der Waals surface area contributed by atoms with Crippen molar-refractivity contribution in [2.24, 2.45) is 5.92 Å². The maximum absolute atomic E-state index is 13.0. The molecule has 89 heavy (non-hydrogen) atoms. The molecule has 0 bridgehead atoms. The molecule has 2 unspecified atom stereocenters. The highest BCUT2D eigenvalue weighted by Crippen LogP contribution is 2.45. The molecule has 0 aliphatic heterocycles. The summed E-state index contributed by atoms with van der Waals surface area (Å²) in [7, 11) is -9.89. The summed E-state index contributed by atoms with van der Waals surface area (Å²) in [6.45, 7) is 7.13. The fourth-order valence-electron chi connectivity index (χ4n) is 10.6. The van der Waals surface area contributed by atoms with Gasteiger partial charge in [0.25, 0.3) is 0 Å². The molecule has 5 atom stereocenters. The lowest BCUT2D eigenvalue weighted by molar-refractivity contribution is -0.161. The van der Waals surface area contributed by atoms with Crippen LogP contribution in [0.5, 0.6) is 0 Å². The Balaban J connectivity index is 5.10. The van der Waals surface area contributed by atoms with Crippen molar-refractivity contribution < 1.29 is 80.2 Å². The van der Waals surface area contributed by atoms with Gasteiger partial charge in [0, 0.05) is 25.7 Å². The van der Waals surface area contributed by atoms with Crippen LogP contribution in [0.2, 0.25) is 0 Å². The number of aliphatic hydroxyl groups excluding tert-OH is 1. The number of carbonyl (C=O) groups excluding carboxylic acids is 4. The first kappa shape index (κ1) is 87.1. The number of rotatable bonds is 70. The summed E-state index contributed by atoms with van der Waals surface area (Å²) in [6, 6.07) is 0. The Labute approximate surface area is 543 Å². The number of phosphoric ester groups is 2. The van der Waals surface area contributed by atoms with Crippen molar-refractivity contribution in [1.82, 2.24) is 0 Å². The lowest BCUT2D eigenvalue weighted by Gasteiger charge is -2.21. The molecular weight excluding hydrogens is 1170 g/mol. The molecule has 0 spiro atoms. The molecule has 0 rings (SSSR count). The van der Waals surface area contributed by atoms with E-state index in [4.69, 9.17) is 37.0 Å². The lowest BCUT2D eigenvalue weighted by atomic mass is 10.0. The first-order valence-corrected chi connectivity index (χ1v) is 39.6. The largest absolute Gasteiger partial charge is 0.472 e. The molecule has 0 aromatic rings. The van der Waals surface area contributed by atoms with Crippen LogP contribution in [-0.4, -0.2) is 96.7 Å². The quantitative estimate of drug-likeness (QED) is 0.0222. The van der Waals surface area contributed by atoms with Crippen LogP contribution < -0.4 is 0 Å². The van der Waals surface area contributed by atoms with Crippen LogP contribution in [0.15, 0.2) is 0 Å². The van der Waals surface area contributed by atoms with Crippen molar-refractivity contribution in [3.63, 3.8) is 0 Å². The van der Waals surface area contributed by atoms with Gasteiger partial charge in [-0.1, -0.05) is 311 Å². The summed E-state index contributed by atoms with van der Waals surface area (Å²) in [5.41, 5.74) is 0. The Bertz CT molecular complexity index is 1720. The molecule has 3 N–H and O–H groups in total. The van der Waals surface area contributed by atoms with Gasteiger partial charge in [-0.05, 0) is 31.6 Å². The summed E-state index contributed by atoms with van der Waals surface area (Å²) in [5, 5.41) is 10.5. The van der Waals surface area contributed by atoms with E-state index in [-0.39, 0.29) is 25.7 Å². The molecule has 0 aromatic carbocycles. The van der Waals surface area contributed by atoms with E-state index in [0.717, 1.165) is 102 Å². The van der Waals surface area contributed by atoms with Crippen LogP contribution >= 0.6 is 15.6 Å². The highest BCUT2D eigenvalue weighted by molar-refractivity contribution is 7.47. The third kappa shape index (κ3) is 64.6. The highest BCUT2D eigenvalue weighted by Gasteiger charge is 2.30. The van der Waals surface area contributed by atoms with Gasteiger partial charge < -0.3 is 33.8 Å². The van der Waals surface area contributed by atoms with Gasteiger partial charge in [0.1, 0.15) is 19.3 Å². The van der Waals surface area contributed by atoms with Gasteiger partial charge in [-0.15, -0.1) is 0 Å². The Hall–Kier alpha value is -1.94. The van der Waals surface area contributed by atoms with Gasteiger partial charge in [0.2, 0.25) is 0 Å². The normalized spacial score (nSPS) is 14.1. The van der Waals surface area contributed by atoms with E-state index in [0.29, 0.717) is 25.7 Å². The van der Waals surface area contributed by atoms with Crippen molar-refractivity contribution in [2.45, 2.75) is 380 Å². The van der Waals surface area contributed by atoms with Crippen LogP contribution in [0.4, 0.5) is 0 Å². The number of aliphatic hydroxyl groups is 1. The molecule has 19 heteroatoms. The fourth-order valence-corrected chi connectivity index (χ4v) is 12.2. The number of ether oxygens (including phenoxy) is 4. The van der Waals surface area contributed by atoms with Gasteiger partial charge in [-0.2, -0.15) is 0 Å². The molecule has 0 aliphatic carbocycles. The van der Waals surface area contributed by atoms with Crippen LogP contribution in [-0.2, 0) is 65.4 Å². The number of hydrogen-bond acceptors (Lipinski definition) is 15. The van der Waals surface area contributed by atoms with Crippen LogP contribution in [0.3, 0.4) is 0 Å². The SMILES string of the molecule is CCCCCCCCCCCCCCCCCCCCCCCC(=O)O[C@H](COC(=O)CCCCCCCCCCCC(C)C)COP(=O)(O)OC[C@@H](O)COP(=O)(O)OC[C@@H](COC(=O)CCCCCCC)OC(=O)CCCCCCCCCCCCC. The van der Waals surface area contributed by atoms with E-state index in [2.05, 4.69) is 34.6 Å². The maximum Gasteiger partial charge on any atom is 0.472 e. The molecule has 0 heterocycles. The second-order valence-corrected chi connectivity index (χ2v) is 28.7. The molecule has 0 fully saturated rings. The van der Waals surface area contributed by atoms with Gasteiger partial charge in [-0.3, -0.25) is 37.3 Å². The summed E-state index contributed by atoms with van der Waals surface area (Å²) >= 11 is 0. The standard InChI is InChI=1S/C70H136O17P2/c1-6-9-12-15-17-19-21-22-23-24-25-26-27-28-29-30-32-36-41-46-51-56-70(75)87-66(60-81-68(73)54-49-44-39-37-33-34-38-43-47-52-63(4)5)62-85-89(78,79)83-58-64(71)57-82-88(76,77)84-61-65(59-80-67(72)53-48-42-14-11-8-3)86-69(74)55-50-45-40-35-31-20-18-16-13-10-7-2/h63-66,71H,6-62H2,1-5H3,(H,76,77)(H,78,79)/t64-,65+,66+/m0/s1. The molecular formula is C70H136O17P2. The maximum atomic E-state index is 13.0. The van der Waals surface area contributed by atoms with E-state index in [1.54, 1.807) is 0 Å². The average molecular weight is 1310 g/mol. The van der Waals surface area contributed by atoms with E-state index in [1.807, 2.05) is 0 Å². The molecule has 0 amide bonds. The smallest absolute Gasteiger partial charge is 0.462 e. The van der Waals surface area contributed by atoms with Gasteiger partial charge >= 0.3 is 39.5 Å². The zero-order valence-electron chi connectivity index (χ0n) is 57.6. The third-order valence-electron chi connectivity index (χ3n) is 16.3. The topological polar surface area (TPSA) is 237 Å². The van der Waals surface area contributed by atoms with E-state index in [1.165, 1.54) is 180 Å². The minimum absolute atomic E-state index is 0.106. The summed E-state index contributed by atoms with van der Waals surface area (Å²) in [6.07, 6.45) is 50.5. The first-order valence-electron chi connectivity index (χ1n) is 36.6. The van der Waals surface area contributed by atoms with Crippen LogP contribution in [0.1, 0.15) is 362 Å². The summed E-state index contributed by atoms with van der Waals surface area (Å²) < 4.78 is 68.0. The number of unbranched alkanes of at least 4 members (excludes halogenated alkanes) is 42. The third-order valence-corrected chi connectivity index (χ3v) is 18.2. The Kier molecular flexibility index (Phi) is 62.1. The van der Waals surface area contributed by atoms with E-state index >= 15 is 0 Å². The molecule has 0 saturated carbocycles. The fraction of sp³-hybridized carbons (Fsp3) is 0.943. The van der Waals surface area contributed by atoms with Crippen molar-refractivity contribution in [3.05, 3.63) is 0 Å². The van der Waals surface area contributed by atoms with Crippen LogP contribution in [0, 0.1) is 5.92 Å². The van der Waals surface area contributed by atoms with E-state index in [9.17, 15) is 43.2 Å². The van der Waals surface area contributed by atoms with Gasteiger partial charge in [0.05, 0.1) is 26.4 Å². The molecule has 0 saturated heterocycles. The monoisotopic (exact) mass is 1310 g/mol. The Morgan fingerprint density at radius 3 is 0.764 bits per heavy atom. The predicted octanol–water partition coefficient (Wildman–Crippen LogP) is 20.1. The number of esters is 4. The number of phosphoric acid groups is 2.